The number of aromatic nitrogens is 1. The number of carbonyl (C=O) groups is 2. The second kappa shape index (κ2) is 9.82. The van der Waals surface area contributed by atoms with Crippen molar-refractivity contribution in [2.24, 2.45) is 0 Å². The summed E-state index contributed by atoms with van der Waals surface area (Å²) in [5, 5.41) is 3.67. The molecule has 1 aliphatic heterocycles. The van der Waals surface area contributed by atoms with E-state index in [0.717, 1.165) is 31.7 Å². The first-order valence-corrected chi connectivity index (χ1v) is 10.8. The van der Waals surface area contributed by atoms with E-state index in [0.29, 0.717) is 27.3 Å². The maximum Gasteiger partial charge on any atom is 0.265 e. The van der Waals surface area contributed by atoms with Crippen LogP contribution in [0.2, 0.25) is 5.02 Å². The van der Waals surface area contributed by atoms with Gasteiger partial charge in [-0.25, -0.2) is 9.37 Å². The van der Waals surface area contributed by atoms with E-state index < -0.39 is 0 Å². The fraction of sp³-hybridized carbons (Fsp3) is 0.450. The predicted octanol–water partition coefficient (Wildman–Crippen LogP) is 2.70. The quantitative estimate of drug-likeness (QED) is 0.728. The molecule has 0 unspecified atom stereocenters. The lowest BCUT2D eigenvalue weighted by atomic mass is 10.2. The minimum atomic E-state index is -0.340. The van der Waals surface area contributed by atoms with Crippen LogP contribution in [0.4, 0.5) is 9.52 Å². The highest BCUT2D eigenvalue weighted by atomic mass is 35.5. The van der Waals surface area contributed by atoms with Gasteiger partial charge in [0.15, 0.2) is 5.13 Å². The fourth-order valence-corrected chi connectivity index (χ4v) is 4.44. The SMILES string of the molecule is Cc1nc(NC(=O)CN2CCN(Cc3ccc(F)cc3Cl)CC2)sc1C(=O)N(C)C. The maximum absolute atomic E-state index is 13.2. The van der Waals surface area contributed by atoms with Crippen molar-refractivity contribution in [2.45, 2.75) is 13.5 Å². The van der Waals surface area contributed by atoms with Crippen LogP contribution in [0.25, 0.3) is 0 Å². The Morgan fingerprint density at radius 2 is 1.90 bits per heavy atom. The molecule has 2 amide bonds. The minimum absolute atomic E-state index is 0.122. The number of anilines is 1. The number of hydrogen-bond donors (Lipinski definition) is 1. The van der Waals surface area contributed by atoms with Crippen molar-refractivity contribution in [3.05, 3.63) is 45.2 Å². The van der Waals surface area contributed by atoms with Gasteiger partial charge in [-0.15, -0.1) is 0 Å². The van der Waals surface area contributed by atoms with E-state index in [-0.39, 0.29) is 24.2 Å². The first kappa shape index (κ1) is 22.6. The highest BCUT2D eigenvalue weighted by Crippen LogP contribution is 2.24. The summed E-state index contributed by atoms with van der Waals surface area (Å²) in [4.78, 5) is 35.2. The van der Waals surface area contributed by atoms with E-state index in [2.05, 4.69) is 20.1 Å². The van der Waals surface area contributed by atoms with Crippen LogP contribution in [0.5, 0.6) is 0 Å². The lowest BCUT2D eigenvalue weighted by Crippen LogP contribution is -2.48. The fourth-order valence-electron chi connectivity index (χ4n) is 3.21. The molecule has 0 bridgehead atoms. The molecule has 1 aliphatic rings. The molecule has 30 heavy (non-hydrogen) atoms. The van der Waals surface area contributed by atoms with Crippen LogP contribution in [0.1, 0.15) is 20.9 Å². The average molecular weight is 454 g/mol. The van der Waals surface area contributed by atoms with E-state index in [4.69, 9.17) is 11.6 Å². The Bertz CT molecular complexity index is 928. The lowest BCUT2D eigenvalue weighted by Gasteiger charge is -2.34. The summed E-state index contributed by atoms with van der Waals surface area (Å²) in [6.07, 6.45) is 0. The summed E-state index contributed by atoms with van der Waals surface area (Å²) in [7, 11) is 3.37. The van der Waals surface area contributed by atoms with Gasteiger partial charge in [0, 0.05) is 51.8 Å². The Labute approximate surface area is 184 Å². The van der Waals surface area contributed by atoms with Gasteiger partial charge < -0.3 is 10.2 Å². The first-order chi connectivity index (χ1) is 14.2. The zero-order chi connectivity index (χ0) is 21.8. The maximum atomic E-state index is 13.2. The second-order valence-corrected chi connectivity index (χ2v) is 8.88. The van der Waals surface area contributed by atoms with E-state index in [1.54, 1.807) is 27.1 Å². The van der Waals surface area contributed by atoms with Gasteiger partial charge in [-0.3, -0.25) is 19.4 Å². The number of carbonyl (C=O) groups excluding carboxylic acids is 2. The summed E-state index contributed by atoms with van der Waals surface area (Å²) in [6.45, 7) is 5.75. The molecule has 0 radical (unpaired) electrons. The lowest BCUT2D eigenvalue weighted by molar-refractivity contribution is -0.117. The molecule has 10 heteroatoms. The van der Waals surface area contributed by atoms with Gasteiger partial charge in [0.1, 0.15) is 10.7 Å². The number of hydrogen-bond acceptors (Lipinski definition) is 6. The smallest absolute Gasteiger partial charge is 0.265 e. The minimum Gasteiger partial charge on any atom is -0.344 e. The standard InChI is InChI=1S/C20H25ClFN5O2S/c1-13-18(19(29)25(2)3)30-20(23-13)24-17(28)12-27-8-6-26(7-9-27)11-14-4-5-15(22)10-16(14)21/h4-5,10H,6-9,11-12H2,1-3H3,(H,23,24,28). The molecular weight excluding hydrogens is 429 g/mol. The molecule has 162 valence electrons. The predicted molar refractivity (Wildman–Crippen MR) is 117 cm³/mol. The van der Waals surface area contributed by atoms with E-state index in [1.807, 2.05) is 0 Å². The second-order valence-electron chi connectivity index (χ2n) is 7.47. The molecule has 2 aromatic rings. The third kappa shape index (κ3) is 5.75. The van der Waals surface area contributed by atoms with Crippen LogP contribution in [-0.4, -0.2) is 78.3 Å². The van der Waals surface area contributed by atoms with Gasteiger partial charge in [-0.05, 0) is 24.6 Å². The molecule has 1 saturated heterocycles. The van der Waals surface area contributed by atoms with Crippen LogP contribution in [0, 0.1) is 12.7 Å². The summed E-state index contributed by atoms with van der Waals surface area (Å²) >= 11 is 7.30. The molecule has 0 spiro atoms. The summed E-state index contributed by atoms with van der Waals surface area (Å²) < 4.78 is 13.2. The molecule has 1 aromatic carbocycles. The number of piperazine rings is 1. The Morgan fingerprint density at radius 1 is 1.23 bits per heavy atom. The molecule has 0 saturated carbocycles. The van der Waals surface area contributed by atoms with Crippen molar-refractivity contribution >= 4 is 39.9 Å². The zero-order valence-corrected chi connectivity index (χ0v) is 18.8. The number of amides is 2. The Kier molecular flexibility index (Phi) is 7.41. The van der Waals surface area contributed by atoms with Gasteiger partial charge in [0.25, 0.3) is 5.91 Å². The van der Waals surface area contributed by atoms with Gasteiger partial charge in [0.05, 0.1) is 12.2 Å². The topological polar surface area (TPSA) is 68.8 Å². The summed E-state index contributed by atoms with van der Waals surface area (Å²) in [5.41, 5.74) is 1.51. The molecule has 1 fully saturated rings. The van der Waals surface area contributed by atoms with Crippen molar-refractivity contribution in [3.8, 4) is 0 Å². The van der Waals surface area contributed by atoms with Crippen molar-refractivity contribution in [3.63, 3.8) is 0 Å². The number of nitrogens with zero attached hydrogens (tertiary/aromatic N) is 4. The van der Waals surface area contributed by atoms with Crippen molar-refractivity contribution in [1.82, 2.24) is 19.7 Å². The van der Waals surface area contributed by atoms with Crippen LogP contribution < -0.4 is 5.32 Å². The Balaban J connectivity index is 1.47. The largest absolute Gasteiger partial charge is 0.344 e. The van der Waals surface area contributed by atoms with Crippen molar-refractivity contribution in [2.75, 3.05) is 52.1 Å². The molecule has 7 nitrogen and oxygen atoms in total. The van der Waals surface area contributed by atoms with Crippen molar-refractivity contribution < 1.29 is 14.0 Å². The van der Waals surface area contributed by atoms with E-state index in [1.165, 1.54) is 28.4 Å². The van der Waals surface area contributed by atoms with Crippen LogP contribution in [0.3, 0.4) is 0 Å². The van der Waals surface area contributed by atoms with Gasteiger partial charge in [0.2, 0.25) is 5.91 Å². The number of nitrogens with one attached hydrogen (secondary N) is 1. The Hall–Kier alpha value is -2.07. The Morgan fingerprint density at radius 3 is 2.53 bits per heavy atom. The number of thiazole rings is 1. The number of rotatable bonds is 6. The number of aryl methyl sites for hydroxylation is 1. The van der Waals surface area contributed by atoms with Crippen molar-refractivity contribution in [1.29, 1.82) is 0 Å². The van der Waals surface area contributed by atoms with Crippen LogP contribution in [-0.2, 0) is 11.3 Å². The third-order valence-corrected chi connectivity index (χ3v) is 6.30. The van der Waals surface area contributed by atoms with E-state index >= 15 is 0 Å². The molecule has 2 heterocycles. The molecule has 3 rings (SSSR count). The van der Waals surface area contributed by atoms with Gasteiger partial charge in [-0.2, -0.15) is 0 Å². The zero-order valence-electron chi connectivity index (χ0n) is 17.2. The number of halogens is 2. The molecular formula is C20H25ClFN5O2S. The molecule has 1 aromatic heterocycles. The summed E-state index contributed by atoms with van der Waals surface area (Å²) in [6, 6.07) is 4.46. The molecule has 1 N–H and O–H groups in total. The van der Waals surface area contributed by atoms with Gasteiger partial charge in [-0.1, -0.05) is 29.0 Å². The van der Waals surface area contributed by atoms with Crippen LogP contribution in [0.15, 0.2) is 18.2 Å². The van der Waals surface area contributed by atoms with E-state index in [9.17, 15) is 14.0 Å². The highest BCUT2D eigenvalue weighted by Gasteiger charge is 2.22. The molecule has 0 aliphatic carbocycles. The highest BCUT2D eigenvalue weighted by molar-refractivity contribution is 7.17. The van der Waals surface area contributed by atoms with Gasteiger partial charge >= 0.3 is 0 Å². The average Bonchev–Trinajstić information content (AvgIpc) is 3.04. The monoisotopic (exact) mass is 453 g/mol. The summed E-state index contributed by atoms with van der Waals surface area (Å²) in [5.74, 6) is -0.612. The van der Waals surface area contributed by atoms with Crippen LogP contribution >= 0.6 is 22.9 Å². The first-order valence-electron chi connectivity index (χ1n) is 9.60. The third-order valence-electron chi connectivity index (χ3n) is 4.88. The number of benzene rings is 1. The normalized spacial score (nSPS) is 15.2. The molecule has 0 atom stereocenters.